The number of thiophene rings is 2. The second kappa shape index (κ2) is 11.4. The summed E-state index contributed by atoms with van der Waals surface area (Å²) in [6.07, 6.45) is 8.45. The summed E-state index contributed by atoms with van der Waals surface area (Å²) in [4.78, 5) is 38.1. The highest BCUT2D eigenvalue weighted by Gasteiger charge is 2.49. The number of hydrogen-bond acceptors (Lipinski definition) is 4. The van der Waals surface area contributed by atoms with Crippen molar-refractivity contribution in [2.24, 2.45) is 0 Å². The number of rotatable bonds is 12. The fourth-order valence-corrected chi connectivity index (χ4v) is 6.59. The lowest BCUT2D eigenvalue weighted by molar-refractivity contribution is -0.124. The molecule has 4 rings (SSSR count). The van der Waals surface area contributed by atoms with Crippen molar-refractivity contribution in [3.8, 4) is 0 Å². The Morgan fingerprint density at radius 1 is 0.743 bits per heavy atom. The Balaban J connectivity index is 1.82. The van der Waals surface area contributed by atoms with E-state index < -0.39 is 0 Å². The Morgan fingerprint density at radius 3 is 1.69 bits per heavy atom. The summed E-state index contributed by atoms with van der Waals surface area (Å²) in [7, 11) is 0. The minimum absolute atomic E-state index is 0.0743. The van der Waals surface area contributed by atoms with Crippen molar-refractivity contribution < 1.29 is 9.59 Å². The molecular formula is C28H33N3O2S2. The molecule has 0 unspecified atom stereocenters. The van der Waals surface area contributed by atoms with Crippen molar-refractivity contribution in [1.29, 1.82) is 0 Å². The highest BCUT2D eigenvalue weighted by Crippen LogP contribution is 2.49. The van der Waals surface area contributed by atoms with E-state index in [2.05, 4.69) is 31.7 Å². The van der Waals surface area contributed by atoms with Crippen LogP contribution in [0.1, 0.15) is 79.8 Å². The standard InChI is InChI=1S/C28H33N3O2S2/c1-5-7-9-11-17-30-25(20-14-13-19(3)34-20)23-24(28(30)33)26(21-15-16-22(29-4)35-21)31(27(23)32)18-12-10-8-6-2/h13-16H,5-12,17-18H2,1-3H3. The molecule has 0 N–H and O–H groups in total. The van der Waals surface area contributed by atoms with Crippen molar-refractivity contribution in [3.05, 3.63) is 61.5 Å². The quantitative estimate of drug-likeness (QED) is 0.219. The molecule has 0 saturated carbocycles. The molecule has 2 aliphatic heterocycles. The number of amides is 2. The second-order valence-corrected chi connectivity index (χ2v) is 11.5. The zero-order valence-corrected chi connectivity index (χ0v) is 22.5. The van der Waals surface area contributed by atoms with Crippen molar-refractivity contribution >= 4 is 50.9 Å². The average Bonchev–Trinajstić information content (AvgIpc) is 3.61. The first-order valence-electron chi connectivity index (χ1n) is 12.7. The molecule has 7 heteroatoms. The van der Waals surface area contributed by atoms with Gasteiger partial charge in [-0.05, 0) is 38.0 Å². The first-order chi connectivity index (χ1) is 17.0. The van der Waals surface area contributed by atoms with Crippen molar-refractivity contribution in [1.82, 2.24) is 9.80 Å². The van der Waals surface area contributed by atoms with Gasteiger partial charge in [-0.25, -0.2) is 4.85 Å². The van der Waals surface area contributed by atoms with Crippen molar-refractivity contribution in [3.63, 3.8) is 0 Å². The van der Waals surface area contributed by atoms with Gasteiger partial charge in [0.15, 0.2) is 0 Å². The third kappa shape index (κ3) is 5.00. The van der Waals surface area contributed by atoms with Gasteiger partial charge in [-0.15, -0.1) is 11.3 Å². The lowest BCUT2D eigenvalue weighted by Gasteiger charge is -2.24. The van der Waals surface area contributed by atoms with E-state index in [4.69, 9.17) is 6.57 Å². The van der Waals surface area contributed by atoms with Crippen LogP contribution < -0.4 is 0 Å². The van der Waals surface area contributed by atoms with E-state index in [9.17, 15) is 9.59 Å². The molecule has 35 heavy (non-hydrogen) atoms. The molecule has 0 saturated heterocycles. The van der Waals surface area contributed by atoms with Crippen LogP contribution >= 0.6 is 22.7 Å². The van der Waals surface area contributed by atoms with Crippen LogP contribution in [-0.2, 0) is 9.59 Å². The summed E-state index contributed by atoms with van der Waals surface area (Å²) in [5, 5.41) is 0.569. The number of carbonyl (C=O) groups excluding carboxylic acids is 2. The lowest BCUT2D eigenvalue weighted by Crippen LogP contribution is -2.30. The maximum Gasteiger partial charge on any atom is 0.261 e. The minimum atomic E-state index is -0.0743. The number of hydrogen-bond donors (Lipinski definition) is 0. The van der Waals surface area contributed by atoms with Gasteiger partial charge in [-0.2, -0.15) is 11.3 Å². The molecule has 4 heterocycles. The molecule has 0 bridgehead atoms. The summed E-state index contributed by atoms with van der Waals surface area (Å²) >= 11 is 2.99. The summed E-state index contributed by atoms with van der Waals surface area (Å²) in [5.41, 5.74) is 2.56. The first-order valence-corrected chi connectivity index (χ1v) is 14.3. The molecule has 0 aliphatic carbocycles. The predicted octanol–water partition coefficient (Wildman–Crippen LogP) is 7.64. The largest absolute Gasteiger partial charge is 0.306 e. The molecule has 0 aromatic carbocycles. The number of aryl methyl sites for hydroxylation is 1. The molecule has 0 fully saturated rings. The number of unbranched alkanes of at least 4 members (excludes halogenated alkanes) is 6. The molecular weight excluding hydrogens is 474 g/mol. The SMILES string of the molecule is [C-]#[N+]c1ccc(C2=C3C(=O)N(CCCCCC)C(c4ccc(C)s4)=C3C(=O)N2CCCCCC)s1. The molecule has 184 valence electrons. The van der Waals surface area contributed by atoms with Crippen LogP contribution in [0.25, 0.3) is 16.2 Å². The topological polar surface area (TPSA) is 45.0 Å². The highest BCUT2D eigenvalue weighted by atomic mass is 32.1. The fourth-order valence-electron chi connectivity index (χ4n) is 4.81. The normalized spacial score (nSPS) is 15.6. The van der Waals surface area contributed by atoms with Gasteiger partial charge < -0.3 is 9.80 Å². The molecule has 2 aromatic rings. The van der Waals surface area contributed by atoms with Gasteiger partial charge in [-0.1, -0.05) is 58.4 Å². The first kappa shape index (κ1) is 25.4. The molecule has 5 nitrogen and oxygen atoms in total. The smallest absolute Gasteiger partial charge is 0.261 e. The van der Waals surface area contributed by atoms with Crippen LogP contribution in [0.5, 0.6) is 0 Å². The predicted molar refractivity (Wildman–Crippen MR) is 145 cm³/mol. The zero-order valence-electron chi connectivity index (χ0n) is 20.9. The van der Waals surface area contributed by atoms with Gasteiger partial charge in [0, 0.05) is 22.8 Å². The van der Waals surface area contributed by atoms with E-state index >= 15 is 0 Å². The van der Waals surface area contributed by atoms with Crippen LogP contribution in [0.2, 0.25) is 0 Å². The van der Waals surface area contributed by atoms with E-state index in [1.807, 2.05) is 21.9 Å². The van der Waals surface area contributed by atoms with Crippen molar-refractivity contribution in [2.45, 2.75) is 72.1 Å². The maximum absolute atomic E-state index is 14.0. The van der Waals surface area contributed by atoms with Crippen LogP contribution in [0.4, 0.5) is 5.00 Å². The highest BCUT2D eigenvalue weighted by molar-refractivity contribution is 7.17. The Morgan fingerprint density at radius 2 is 1.26 bits per heavy atom. The molecule has 2 aromatic heterocycles. The third-order valence-corrected chi connectivity index (χ3v) is 8.55. The molecule has 0 radical (unpaired) electrons. The number of carbonyl (C=O) groups is 2. The Hall–Kier alpha value is -2.69. The van der Waals surface area contributed by atoms with E-state index in [0.717, 1.165) is 71.7 Å². The van der Waals surface area contributed by atoms with Gasteiger partial charge in [0.25, 0.3) is 11.8 Å². The van der Waals surface area contributed by atoms with E-state index in [1.165, 1.54) is 11.3 Å². The monoisotopic (exact) mass is 507 g/mol. The summed E-state index contributed by atoms with van der Waals surface area (Å²) in [5.74, 6) is -0.149. The molecule has 2 aliphatic rings. The van der Waals surface area contributed by atoms with Gasteiger partial charge in [-0.3, -0.25) is 9.59 Å². The number of nitrogens with zero attached hydrogens (tertiary/aromatic N) is 3. The van der Waals surface area contributed by atoms with Gasteiger partial charge in [0.2, 0.25) is 5.00 Å². The van der Waals surface area contributed by atoms with Gasteiger partial charge in [0.05, 0.1) is 34.0 Å². The van der Waals surface area contributed by atoms with E-state index in [0.29, 0.717) is 34.9 Å². The Kier molecular flexibility index (Phi) is 8.25. The zero-order chi connectivity index (χ0) is 24.9. The lowest BCUT2D eigenvalue weighted by atomic mass is 10.1. The Bertz CT molecular complexity index is 1210. The molecule has 0 spiro atoms. The van der Waals surface area contributed by atoms with E-state index in [-0.39, 0.29) is 11.8 Å². The number of fused-ring (bicyclic) bond motifs is 1. The molecule has 0 atom stereocenters. The fraction of sp³-hybridized carbons (Fsp3) is 0.464. The van der Waals surface area contributed by atoms with Crippen LogP contribution in [0.15, 0.2) is 35.4 Å². The summed E-state index contributed by atoms with van der Waals surface area (Å²) in [6.45, 7) is 15.0. The third-order valence-electron chi connectivity index (χ3n) is 6.56. The maximum atomic E-state index is 14.0. The summed E-state index contributed by atoms with van der Waals surface area (Å²) in [6, 6.07) is 7.77. The summed E-state index contributed by atoms with van der Waals surface area (Å²) < 4.78 is 0. The van der Waals surface area contributed by atoms with Gasteiger partial charge >= 0.3 is 0 Å². The van der Waals surface area contributed by atoms with Gasteiger partial charge in [0.1, 0.15) is 0 Å². The van der Waals surface area contributed by atoms with Crippen LogP contribution in [0.3, 0.4) is 0 Å². The average molecular weight is 508 g/mol. The second-order valence-electron chi connectivity index (χ2n) is 9.14. The van der Waals surface area contributed by atoms with Crippen LogP contribution in [-0.4, -0.2) is 34.7 Å². The van der Waals surface area contributed by atoms with Crippen molar-refractivity contribution in [2.75, 3.05) is 13.1 Å². The molecule has 2 amide bonds. The van der Waals surface area contributed by atoms with Crippen LogP contribution in [0, 0.1) is 13.5 Å². The van der Waals surface area contributed by atoms with E-state index in [1.54, 1.807) is 17.4 Å². The minimum Gasteiger partial charge on any atom is -0.306 e. The Labute approximate surface area is 216 Å².